The molecule has 25 heavy (non-hydrogen) atoms. The van der Waals surface area contributed by atoms with Gasteiger partial charge in [-0.3, -0.25) is 9.69 Å². The molecule has 0 aliphatic carbocycles. The smallest absolute Gasteiger partial charge is 0.272 e. The van der Waals surface area contributed by atoms with Crippen LogP contribution in [-0.4, -0.2) is 70.0 Å². The Morgan fingerprint density at radius 1 is 1.24 bits per heavy atom. The number of halogens is 2. The van der Waals surface area contributed by atoms with Crippen LogP contribution in [0.15, 0.2) is 36.4 Å². The van der Waals surface area contributed by atoms with Crippen molar-refractivity contribution in [2.24, 2.45) is 0 Å². The van der Waals surface area contributed by atoms with Gasteiger partial charge in [0.15, 0.2) is 0 Å². The summed E-state index contributed by atoms with van der Waals surface area (Å²) in [6, 6.07) is 10.4. The highest BCUT2D eigenvalue weighted by Crippen LogP contribution is 2.35. The van der Waals surface area contributed by atoms with Crippen LogP contribution in [-0.2, 0) is 0 Å². The number of aliphatic hydroxyl groups is 1. The lowest BCUT2D eigenvalue weighted by molar-refractivity contribution is -0.0126. The molecule has 1 aromatic heterocycles. The predicted octanol–water partition coefficient (Wildman–Crippen LogP) is 1.76. The minimum absolute atomic E-state index is 0.130. The fourth-order valence-corrected chi connectivity index (χ4v) is 3.70. The van der Waals surface area contributed by atoms with Crippen LogP contribution in [0, 0.1) is 0 Å². The largest absolute Gasteiger partial charge is 0.395 e. The van der Waals surface area contributed by atoms with Gasteiger partial charge in [0.2, 0.25) is 0 Å². The van der Waals surface area contributed by atoms with E-state index in [2.05, 4.69) is 4.98 Å². The van der Waals surface area contributed by atoms with Crippen LogP contribution in [0.25, 0.3) is 10.9 Å². The van der Waals surface area contributed by atoms with E-state index in [1.807, 2.05) is 30.3 Å². The summed E-state index contributed by atoms with van der Waals surface area (Å²) in [5, 5.41) is 10.3. The van der Waals surface area contributed by atoms with Crippen molar-refractivity contribution in [2.45, 2.75) is 24.4 Å². The molecular weight excluding hydrogens is 328 g/mol. The van der Waals surface area contributed by atoms with E-state index in [0.717, 1.165) is 10.9 Å². The van der Waals surface area contributed by atoms with Gasteiger partial charge in [-0.05, 0) is 12.1 Å². The number of fused-ring (bicyclic) bond motifs is 1. The first-order chi connectivity index (χ1) is 12.0. The summed E-state index contributed by atoms with van der Waals surface area (Å²) >= 11 is 0. The molecule has 1 atom stereocenters. The van der Waals surface area contributed by atoms with Gasteiger partial charge in [-0.25, -0.2) is 13.8 Å². The molecule has 0 bridgehead atoms. The third-order valence-electron chi connectivity index (χ3n) is 5.06. The zero-order valence-corrected chi connectivity index (χ0v) is 13.6. The zero-order valence-electron chi connectivity index (χ0n) is 13.6. The minimum Gasteiger partial charge on any atom is -0.395 e. The van der Waals surface area contributed by atoms with Crippen molar-refractivity contribution in [3.63, 3.8) is 0 Å². The molecule has 4 rings (SSSR count). The number of carbonyl (C=O) groups excluding carboxylic acids is 1. The molecule has 1 aromatic carbocycles. The topological polar surface area (TPSA) is 56.7 Å². The average Bonchev–Trinajstić information content (AvgIpc) is 2.87. The van der Waals surface area contributed by atoms with Crippen LogP contribution in [0.2, 0.25) is 0 Å². The SMILES string of the molecule is O=C(c1ccc2ccccc2n1)N1CC(N2CC(F)(F)C[C@H]2CO)C1. The van der Waals surface area contributed by atoms with Crippen molar-refractivity contribution < 1.29 is 18.7 Å². The highest BCUT2D eigenvalue weighted by molar-refractivity contribution is 5.95. The van der Waals surface area contributed by atoms with Crippen molar-refractivity contribution in [1.82, 2.24) is 14.8 Å². The van der Waals surface area contributed by atoms with Crippen LogP contribution < -0.4 is 0 Å². The molecule has 7 heteroatoms. The fraction of sp³-hybridized carbons (Fsp3) is 0.444. The number of hydrogen-bond acceptors (Lipinski definition) is 4. The second kappa shape index (κ2) is 6.00. The van der Waals surface area contributed by atoms with Gasteiger partial charge in [0.05, 0.1) is 18.7 Å². The molecule has 3 heterocycles. The molecule has 2 saturated heterocycles. The van der Waals surface area contributed by atoms with Crippen molar-refractivity contribution in [3.05, 3.63) is 42.1 Å². The number of hydrogen-bond donors (Lipinski definition) is 1. The van der Waals surface area contributed by atoms with Gasteiger partial charge in [0.1, 0.15) is 5.69 Å². The average molecular weight is 347 g/mol. The monoisotopic (exact) mass is 347 g/mol. The van der Waals surface area contributed by atoms with Gasteiger partial charge < -0.3 is 10.0 Å². The highest BCUT2D eigenvalue weighted by atomic mass is 19.3. The number of rotatable bonds is 3. The van der Waals surface area contributed by atoms with Crippen molar-refractivity contribution in [2.75, 3.05) is 26.2 Å². The van der Waals surface area contributed by atoms with Gasteiger partial charge in [-0.15, -0.1) is 0 Å². The summed E-state index contributed by atoms with van der Waals surface area (Å²) in [5.74, 6) is -2.95. The van der Waals surface area contributed by atoms with E-state index in [1.54, 1.807) is 15.9 Å². The molecule has 132 valence electrons. The Bertz CT molecular complexity index is 808. The molecule has 0 saturated carbocycles. The van der Waals surface area contributed by atoms with Crippen molar-refractivity contribution >= 4 is 16.8 Å². The number of nitrogens with zero attached hydrogens (tertiary/aromatic N) is 3. The molecule has 0 unspecified atom stereocenters. The van der Waals surface area contributed by atoms with Crippen LogP contribution >= 0.6 is 0 Å². The lowest BCUT2D eigenvalue weighted by Crippen LogP contribution is -2.62. The first-order valence-corrected chi connectivity index (χ1v) is 8.36. The van der Waals surface area contributed by atoms with E-state index < -0.39 is 12.0 Å². The molecule has 2 aliphatic rings. The lowest BCUT2D eigenvalue weighted by Gasteiger charge is -2.45. The van der Waals surface area contributed by atoms with Crippen LogP contribution in [0.3, 0.4) is 0 Å². The Labute approximate surface area is 143 Å². The van der Waals surface area contributed by atoms with Crippen molar-refractivity contribution in [3.8, 4) is 0 Å². The second-order valence-corrected chi connectivity index (χ2v) is 6.82. The molecule has 5 nitrogen and oxygen atoms in total. The van der Waals surface area contributed by atoms with E-state index in [9.17, 15) is 18.7 Å². The van der Waals surface area contributed by atoms with E-state index in [-0.39, 0.29) is 31.5 Å². The Morgan fingerprint density at radius 3 is 2.76 bits per heavy atom. The number of likely N-dealkylation sites (tertiary alicyclic amines) is 2. The molecular formula is C18H19F2N3O2. The van der Waals surface area contributed by atoms with Gasteiger partial charge in [0.25, 0.3) is 11.8 Å². The number of pyridine rings is 1. The molecule has 2 aliphatic heterocycles. The maximum Gasteiger partial charge on any atom is 0.272 e. The summed E-state index contributed by atoms with van der Waals surface area (Å²) in [4.78, 5) is 20.2. The normalized spacial score (nSPS) is 23.8. The summed E-state index contributed by atoms with van der Waals surface area (Å²) in [6.45, 7) is 0.144. The number of carbonyl (C=O) groups is 1. The number of benzene rings is 1. The third-order valence-corrected chi connectivity index (χ3v) is 5.06. The fourth-order valence-electron chi connectivity index (χ4n) is 3.70. The number of alkyl halides is 2. The minimum atomic E-state index is -2.77. The maximum absolute atomic E-state index is 13.6. The quantitative estimate of drug-likeness (QED) is 0.919. The molecule has 1 amide bonds. The van der Waals surface area contributed by atoms with E-state index in [0.29, 0.717) is 18.8 Å². The second-order valence-electron chi connectivity index (χ2n) is 6.82. The van der Waals surface area contributed by atoms with E-state index in [4.69, 9.17) is 0 Å². The first kappa shape index (κ1) is 16.4. The van der Waals surface area contributed by atoms with Crippen molar-refractivity contribution in [1.29, 1.82) is 0 Å². The lowest BCUT2D eigenvalue weighted by atomic mass is 10.0. The highest BCUT2D eigenvalue weighted by Gasteiger charge is 2.50. The van der Waals surface area contributed by atoms with Gasteiger partial charge in [0, 0.05) is 37.0 Å². The van der Waals surface area contributed by atoms with Gasteiger partial charge in [-0.1, -0.05) is 24.3 Å². The molecule has 1 N–H and O–H groups in total. The van der Waals surface area contributed by atoms with E-state index >= 15 is 0 Å². The number of para-hydroxylation sites is 1. The van der Waals surface area contributed by atoms with Gasteiger partial charge >= 0.3 is 0 Å². The molecule has 2 fully saturated rings. The van der Waals surface area contributed by atoms with Gasteiger partial charge in [-0.2, -0.15) is 0 Å². The predicted molar refractivity (Wildman–Crippen MR) is 88.6 cm³/mol. The Balaban J connectivity index is 1.43. The Kier molecular flexibility index (Phi) is 3.92. The molecule has 2 aromatic rings. The summed E-state index contributed by atoms with van der Waals surface area (Å²) in [6.07, 6.45) is -0.319. The van der Waals surface area contributed by atoms with Crippen LogP contribution in [0.5, 0.6) is 0 Å². The Hall–Kier alpha value is -2.12. The molecule has 0 radical (unpaired) electrons. The maximum atomic E-state index is 13.6. The summed E-state index contributed by atoms with van der Waals surface area (Å²) < 4.78 is 27.2. The summed E-state index contributed by atoms with van der Waals surface area (Å²) in [7, 11) is 0. The first-order valence-electron chi connectivity index (χ1n) is 8.36. The summed E-state index contributed by atoms with van der Waals surface area (Å²) in [5.41, 5.74) is 1.12. The third kappa shape index (κ3) is 2.98. The Morgan fingerprint density at radius 2 is 2.00 bits per heavy atom. The van der Waals surface area contributed by atoms with E-state index in [1.165, 1.54) is 0 Å². The van der Waals surface area contributed by atoms with Crippen LogP contribution in [0.4, 0.5) is 8.78 Å². The molecule has 0 spiro atoms. The zero-order chi connectivity index (χ0) is 17.6. The van der Waals surface area contributed by atoms with Crippen LogP contribution in [0.1, 0.15) is 16.9 Å². The number of aromatic nitrogens is 1. The number of aliphatic hydroxyl groups excluding tert-OH is 1. The number of amides is 1. The standard InChI is InChI=1S/C18H19F2N3O2/c19-18(20)7-13(10-24)23(11-18)14-8-22(9-14)17(25)16-6-5-12-3-1-2-4-15(12)21-16/h1-6,13-14,24H,7-11H2/t13-/m0/s1.